The van der Waals surface area contributed by atoms with Gasteiger partial charge in [-0.3, -0.25) is 0 Å². The van der Waals surface area contributed by atoms with Crippen molar-refractivity contribution in [2.75, 3.05) is 0 Å². The van der Waals surface area contributed by atoms with E-state index < -0.39 is 7.53 Å². The van der Waals surface area contributed by atoms with Gasteiger partial charge in [-0.25, -0.2) is 0 Å². The van der Waals surface area contributed by atoms with E-state index in [1.165, 1.54) is 59.9 Å². The van der Waals surface area contributed by atoms with Crippen molar-refractivity contribution in [3.8, 4) is 11.0 Å². The predicted molar refractivity (Wildman–Crippen MR) is 134 cm³/mol. The summed E-state index contributed by atoms with van der Waals surface area (Å²) >= 11 is 0. The van der Waals surface area contributed by atoms with Gasteiger partial charge in [0, 0.05) is 32.3 Å². The molecule has 2 nitrogen and oxygen atoms in total. The lowest BCUT2D eigenvalue weighted by Crippen LogP contribution is -2.03. The smallest absolute Gasteiger partial charge is 0.0650 e. The Labute approximate surface area is 181 Å². The number of hydrogen-bond donors (Lipinski definition) is 0. The first kappa shape index (κ1) is 17.2. The summed E-state index contributed by atoms with van der Waals surface area (Å²) in [5.74, 6) is 0. The fraction of sp³-hybridized carbons (Fsp3) is 0.0714. The molecule has 4 aromatic carbocycles. The van der Waals surface area contributed by atoms with Gasteiger partial charge >= 0.3 is 0 Å². The number of para-hydroxylation sites is 3. The van der Waals surface area contributed by atoms with Crippen LogP contribution in [0.2, 0.25) is 0 Å². The Morgan fingerprint density at radius 2 is 1.29 bits per heavy atom. The number of hydrogen-bond acceptors (Lipinski definition) is 0. The van der Waals surface area contributed by atoms with Crippen molar-refractivity contribution in [1.82, 2.24) is 8.97 Å². The number of rotatable bonds is 1. The van der Waals surface area contributed by atoms with E-state index in [-0.39, 0.29) is 0 Å². The molecule has 0 saturated carbocycles. The molecule has 0 amide bonds. The molecule has 1 aromatic heterocycles. The molecule has 0 spiro atoms. The highest BCUT2D eigenvalue weighted by Crippen LogP contribution is 2.58. The second-order valence-corrected chi connectivity index (χ2v) is 10.4. The Morgan fingerprint density at radius 3 is 2.16 bits per heavy atom. The van der Waals surface area contributed by atoms with Crippen molar-refractivity contribution >= 4 is 45.2 Å². The first-order valence-electron chi connectivity index (χ1n) is 10.7. The van der Waals surface area contributed by atoms with E-state index in [4.69, 9.17) is 0 Å². The zero-order valence-electron chi connectivity index (χ0n) is 17.5. The molecule has 1 unspecified atom stereocenters. The SMILES string of the molecule is Cc1c(C)n2c3cccc4c3-p(c3ccccc3n4-c3ccccc3)c3cccc1c32. The molecule has 0 saturated heterocycles. The zero-order valence-corrected chi connectivity index (χ0v) is 18.4. The van der Waals surface area contributed by atoms with Crippen LogP contribution in [0.1, 0.15) is 11.3 Å². The monoisotopic (exact) mass is 416 g/mol. The van der Waals surface area contributed by atoms with Crippen molar-refractivity contribution in [3.63, 3.8) is 0 Å². The average molecular weight is 416 g/mol. The minimum atomic E-state index is -0.619. The highest BCUT2D eigenvalue weighted by Gasteiger charge is 2.24. The highest BCUT2D eigenvalue weighted by atomic mass is 31.1. The summed E-state index contributed by atoms with van der Waals surface area (Å²) in [6, 6.07) is 33.5. The van der Waals surface area contributed by atoms with Gasteiger partial charge in [0.1, 0.15) is 0 Å². The van der Waals surface area contributed by atoms with E-state index in [1.54, 1.807) is 0 Å². The predicted octanol–water partition coefficient (Wildman–Crippen LogP) is 8.22. The lowest BCUT2D eigenvalue weighted by molar-refractivity contribution is 1.14. The molecule has 0 bridgehead atoms. The molecular formula is C28H21N2P. The minimum absolute atomic E-state index is 0.619. The van der Waals surface area contributed by atoms with Crippen molar-refractivity contribution < 1.29 is 0 Å². The number of benzene rings is 4. The van der Waals surface area contributed by atoms with Gasteiger partial charge in [0.2, 0.25) is 0 Å². The van der Waals surface area contributed by atoms with Crippen molar-refractivity contribution in [1.29, 1.82) is 0 Å². The zero-order chi connectivity index (χ0) is 20.7. The maximum Gasteiger partial charge on any atom is 0.0650 e. The van der Waals surface area contributed by atoms with E-state index in [0.29, 0.717) is 0 Å². The van der Waals surface area contributed by atoms with Gasteiger partial charge in [-0.05, 0) is 61.9 Å². The molecule has 7 rings (SSSR count). The first-order chi connectivity index (χ1) is 15.3. The normalized spacial score (nSPS) is 12.8. The molecule has 148 valence electrons. The average Bonchev–Trinajstić information content (AvgIpc) is 3.08. The molecule has 3 heteroatoms. The van der Waals surface area contributed by atoms with Gasteiger partial charge in [0.05, 0.1) is 22.1 Å². The Bertz CT molecular complexity index is 1740. The van der Waals surface area contributed by atoms with Crippen LogP contribution in [-0.4, -0.2) is 8.97 Å². The highest BCUT2D eigenvalue weighted by molar-refractivity contribution is 7.68. The molecular weight excluding hydrogens is 395 g/mol. The molecule has 2 aliphatic rings. The van der Waals surface area contributed by atoms with Crippen LogP contribution < -0.4 is 0 Å². The number of fused-ring (bicyclic) bond motifs is 4. The Kier molecular flexibility index (Phi) is 3.35. The Morgan fingerprint density at radius 1 is 0.613 bits per heavy atom. The van der Waals surface area contributed by atoms with E-state index in [1.807, 2.05) is 0 Å². The van der Waals surface area contributed by atoms with Gasteiger partial charge in [0.15, 0.2) is 0 Å². The summed E-state index contributed by atoms with van der Waals surface area (Å²) < 4.78 is 4.96. The van der Waals surface area contributed by atoms with E-state index in [2.05, 4.69) is 114 Å². The minimum Gasteiger partial charge on any atom is -0.312 e. The summed E-state index contributed by atoms with van der Waals surface area (Å²) in [6.45, 7) is 4.52. The summed E-state index contributed by atoms with van der Waals surface area (Å²) in [6.07, 6.45) is 0. The first-order valence-corrected chi connectivity index (χ1v) is 12.1. The molecule has 1 atom stereocenters. The van der Waals surface area contributed by atoms with Gasteiger partial charge in [-0.2, -0.15) is 0 Å². The van der Waals surface area contributed by atoms with Crippen LogP contribution in [-0.2, 0) is 0 Å². The van der Waals surface area contributed by atoms with Crippen LogP contribution in [0, 0.1) is 13.8 Å². The summed E-state index contributed by atoms with van der Waals surface area (Å²) in [5.41, 5.74) is 9.29. The van der Waals surface area contributed by atoms with Crippen LogP contribution in [0.25, 0.3) is 48.7 Å². The fourth-order valence-corrected chi connectivity index (χ4v) is 8.24. The third-order valence-electron chi connectivity index (χ3n) is 6.84. The summed E-state index contributed by atoms with van der Waals surface area (Å²) in [7, 11) is -0.619. The lowest BCUT2D eigenvalue weighted by atomic mass is 10.2. The van der Waals surface area contributed by atoms with Crippen LogP contribution in [0.5, 0.6) is 0 Å². The molecule has 0 N–H and O–H groups in total. The largest absolute Gasteiger partial charge is 0.312 e. The molecule has 0 fully saturated rings. The third kappa shape index (κ3) is 2.08. The van der Waals surface area contributed by atoms with E-state index >= 15 is 0 Å². The molecule has 31 heavy (non-hydrogen) atoms. The molecule has 5 aromatic rings. The lowest BCUT2D eigenvalue weighted by Gasteiger charge is -2.25. The second kappa shape index (κ2) is 6.03. The maximum atomic E-state index is 2.51. The third-order valence-corrected chi connectivity index (χ3v) is 9.45. The van der Waals surface area contributed by atoms with E-state index in [9.17, 15) is 0 Å². The summed E-state index contributed by atoms with van der Waals surface area (Å²) in [5, 5.41) is 5.77. The van der Waals surface area contributed by atoms with Crippen molar-refractivity contribution in [2.45, 2.75) is 13.8 Å². The van der Waals surface area contributed by atoms with Crippen LogP contribution >= 0.6 is 7.53 Å². The van der Waals surface area contributed by atoms with Gasteiger partial charge < -0.3 is 8.97 Å². The molecule has 2 aliphatic heterocycles. The number of aromatic nitrogens is 2. The summed E-state index contributed by atoms with van der Waals surface area (Å²) in [4.78, 5) is 0. The van der Waals surface area contributed by atoms with E-state index in [0.717, 1.165) is 0 Å². The van der Waals surface area contributed by atoms with Gasteiger partial charge in [-0.1, -0.05) is 56.1 Å². The van der Waals surface area contributed by atoms with Crippen molar-refractivity contribution in [3.05, 3.63) is 102 Å². The molecule has 3 heterocycles. The number of aryl methyl sites for hydroxylation is 2. The quantitative estimate of drug-likeness (QED) is 0.188. The Hall–Kier alpha value is -3.48. The molecule has 0 aliphatic carbocycles. The van der Waals surface area contributed by atoms with Crippen LogP contribution in [0.4, 0.5) is 0 Å². The second-order valence-electron chi connectivity index (χ2n) is 8.36. The Balaban J connectivity index is 1.89. The molecule has 0 radical (unpaired) electrons. The van der Waals surface area contributed by atoms with Gasteiger partial charge in [-0.15, -0.1) is 0 Å². The van der Waals surface area contributed by atoms with Crippen LogP contribution in [0.3, 0.4) is 0 Å². The number of nitrogens with zero attached hydrogens (tertiary/aromatic N) is 2. The standard InChI is InChI=1S/C28H21N2P/c1-18-19(2)29-23-14-9-15-24-28(23)31(26-17-8-12-21(18)27(26)29)25-16-7-6-13-22(25)30(24)20-10-4-3-5-11-20/h3-17H,1-2H3. The topological polar surface area (TPSA) is 9.34 Å². The van der Waals surface area contributed by atoms with Crippen LogP contribution in [0.15, 0.2) is 91.0 Å². The van der Waals surface area contributed by atoms with Crippen molar-refractivity contribution in [2.24, 2.45) is 0 Å². The van der Waals surface area contributed by atoms with Gasteiger partial charge in [0.25, 0.3) is 0 Å². The fourth-order valence-electron chi connectivity index (χ4n) is 5.39. The maximum absolute atomic E-state index is 2.51.